The van der Waals surface area contributed by atoms with Crippen LogP contribution in [-0.4, -0.2) is 47.5 Å². The number of rotatable bonds is 5. The Balaban J connectivity index is 2.30. The monoisotopic (exact) mass is 345 g/mol. The second kappa shape index (κ2) is 6.78. The van der Waals surface area contributed by atoms with Gasteiger partial charge < -0.3 is 20.6 Å². The van der Waals surface area contributed by atoms with Gasteiger partial charge in [-0.3, -0.25) is 19.3 Å². The van der Waals surface area contributed by atoms with E-state index in [0.717, 1.165) is 18.4 Å². The average molecular weight is 345 g/mol. The van der Waals surface area contributed by atoms with Crippen molar-refractivity contribution in [3.05, 3.63) is 47.7 Å². The molecule has 0 saturated carbocycles. The standard InChI is InChI=1S/C17H19N3O5/c1-10-4-9-13(25-10)11-5-7-12(8-6-11)14(21)20(3)17(24,15(18)22)16(23)19-2/h4-9,24H,1-3H3,(H2,18,22)(H,19,23). The molecule has 2 aromatic rings. The molecule has 0 aliphatic carbocycles. The van der Waals surface area contributed by atoms with Gasteiger partial charge in [-0.15, -0.1) is 0 Å². The van der Waals surface area contributed by atoms with Gasteiger partial charge in [-0.05, 0) is 31.2 Å². The van der Waals surface area contributed by atoms with Crippen molar-refractivity contribution >= 4 is 17.7 Å². The molecule has 1 aromatic carbocycles. The van der Waals surface area contributed by atoms with E-state index < -0.39 is 23.4 Å². The number of hydrogen-bond donors (Lipinski definition) is 3. The molecule has 25 heavy (non-hydrogen) atoms. The third-order valence-corrected chi connectivity index (χ3v) is 3.83. The summed E-state index contributed by atoms with van der Waals surface area (Å²) in [4.78, 5) is 36.5. The molecule has 1 heterocycles. The molecule has 1 atom stereocenters. The molecule has 1 unspecified atom stereocenters. The number of furan rings is 1. The predicted octanol–water partition coefficient (Wildman–Crippen LogP) is 0.247. The fourth-order valence-electron chi connectivity index (χ4n) is 2.31. The lowest BCUT2D eigenvalue weighted by Crippen LogP contribution is -2.65. The number of hydrogen-bond acceptors (Lipinski definition) is 5. The zero-order chi connectivity index (χ0) is 18.8. The zero-order valence-electron chi connectivity index (χ0n) is 14.1. The van der Waals surface area contributed by atoms with Crippen molar-refractivity contribution in [1.29, 1.82) is 0 Å². The predicted molar refractivity (Wildman–Crippen MR) is 89.2 cm³/mol. The number of nitrogens with zero attached hydrogens (tertiary/aromatic N) is 1. The van der Waals surface area contributed by atoms with Gasteiger partial charge >= 0.3 is 5.72 Å². The SMILES string of the molecule is CNC(=O)C(O)(C(N)=O)N(C)C(=O)c1ccc(-c2ccc(C)o2)cc1. The molecule has 2 rings (SSSR count). The van der Waals surface area contributed by atoms with Crippen LogP contribution in [-0.2, 0) is 9.59 Å². The summed E-state index contributed by atoms with van der Waals surface area (Å²) in [5.74, 6) is -1.80. The quantitative estimate of drug-likeness (QED) is 0.529. The van der Waals surface area contributed by atoms with Crippen LogP contribution in [0.1, 0.15) is 16.1 Å². The zero-order valence-corrected chi connectivity index (χ0v) is 14.1. The Labute approximate surface area is 144 Å². The van der Waals surface area contributed by atoms with E-state index >= 15 is 0 Å². The molecule has 0 radical (unpaired) electrons. The smallest absolute Gasteiger partial charge is 0.302 e. The van der Waals surface area contributed by atoms with Gasteiger partial charge in [0.2, 0.25) is 0 Å². The van der Waals surface area contributed by atoms with Gasteiger partial charge in [-0.25, -0.2) is 0 Å². The van der Waals surface area contributed by atoms with Crippen molar-refractivity contribution < 1.29 is 23.9 Å². The number of carbonyl (C=O) groups is 3. The Hall–Kier alpha value is -3.13. The molecule has 0 fully saturated rings. The number of likely N-dealkylation sites (N-methyl/N-ethyl adjacent to an activating group) is 2. The number of carbonyl (C=O) groups excluding carboxylic acids is 3. The second-order valence-corrected chi connectivity index (χ2v) is 5.47. The first-order valence-electron chi connectivity index (χ1n) is 7.41. The van der Waals surface area contributed by atoms with E-state index in [9.17, 15) is 19.5 Å². The summed E-state index contributed by atoms with van der Waals surface area (Å²) in [6.07, 6.45) is 0. The van der Waals surface area contributed by atoms with Crippen molar-refractivity contribution in [3.8, 4) is 11.3 Å². The van der Waals surface area contributed by atoms with E-state index in [0.29, 0.717) is 10.7 Å². The number of aliphatic hydroxyl groups is 1. The minimum absolute atomic E-state index is 0.165. The minimum atomic E-state index is -2.79. The molecule has 8 nitrogen and oxygen atoms in total. The molecule has 1 aromatic heterocycles. The first-order valence-corrected chi connectivity index (χ1v) is 7.41. The average Bonchev–Trinajstić information content (AvgIpc) is 3.05. The van der Waals surface area contributed by atoms with Crippen molar-refractivity contribution in [3.63, 3.8) is 0 Å². The molecule has 0 aliphatic heterocycles. The maximum Gasteiger partial charge on any atom is 0.302 e. The highest BCUT2D eigenvalue weighted by Crippen LogP contribution is 2.23. The fraction of sp³-hybridized carbons (Fsp3) is 0.235. The van der Waals surface area contributed by atoms with E-state index in [1.54, 1.807) is 18.2 Å². The van der Waals surface area contributed by atoms with Gasteiger partial charge in [0.15, 0.2) is 0 Å². The highest BCUT2D eigenvalue weighted by molar-refractivity contribution is 6.11. The van der Waals surface area contributed by atoms with Crippen molar-refractivity contribution in [2.24, 2.45) is 5.73 Å². The molecule has 0 aliphatic rings. The summed E-state index contributed by atoms with van der Waals surface area (Å²) in [5, 5.41) is 12.4. The molecule has 3 amide bonds. The summed E-state index contributed by atoms with van der Waals surface area (Å²) >= 11 is 0. The van der Waals surface area contributed by atoms with Gasteiger partial charge in [0.25, 0.3) is 17.7 Å². The summed E-state index contributed by atoms with van der Waals surface area (Å²) < 4.78 is 5.50. The third-order valence-electron chi connectivity index (χ3n) is 3.83. The lowest BCUT2D eigenvalue weighted by atomic mass is 10.1. The third kappa shape index (κ3) is 3.24. The maximum atomic E-state index is 12.5. The Morgan fingerprint density at radius 3 is 2.20 bits per heavy atom. The first-order chi connectivity index (χ1) is 11.7. The van der Waals surface area contributed by atoms with Gasteiger partial charge in [0, 0.05) is 25.2 Å². The lowest BCUT2D eigenvalue weighted by Gasteiger charge is -2.32. The Morgan fingerprint density at radius 2 is 1.76 bits per heavy atom. The number of primary amides is 1. The van der Waals surface area contributed by atoms with Crippen LogP contribution < -0.4 is 11.1 Å². The Bertz CT molecular complexity index is 812. The van der Waals surface area contributed by atoms with Gasteiger partial charge in [0.05, 0.1) is 0 Å². The summed E-state index contributed by atoms with van der Waals surface area (Å²) in [5.41, 5.74) is 3.24. The van der Waals surface area contributed by atoms with E-state index in [4.69, 9.17) is 10.2 Å². The normalized spacial score (nSPS) is 13.0. The molecular formula is C17H19N3O5. The highest BCUT2D eigenvalue weighted by Gasteiger charge is 2.48. The number of nitrogens with two attached hydrogens (primary N) is 1. The molecule has 8 heteroatoms. The van der Waals surface area contributed by atoms with E-state index in [1.165, 1.54) is 19.2 Å². The Morgan fingerprint density at radius 1 is 1.16 bits per heavy atom. The summed E-state index contributed by atoms with van der Waals surface area (Å²) in [6, 6.07) is 9.92. The van der Waals surface area contributed by atoms with Gasteiger partial charge in [-0.2, -0.15) is 0 Å². The van der Waals surface area contributed by atoms with E-state index in [2.05, 4.69) is 5.32 Å². The van der Waals surface area contributed by atoms with Gasteiger partial charge in [-0.1, -0.05) is 12.1 Å². The topological polar surface area (TPSA) is 126 Å². The molecule has 4 N–H and O–H groups in total. The van der Waals surface area contributed by atoms with Gasteiger partial charge in [0.1, 0.15) is 11.5 Å². The van der Waals surface area contributed by atoms with Crippen LogP contribution in [0, 0.1) is 6.92 Å². The molecule has 0 bridgehead atoms. The second-order valence-electron chi connectivity index (χ2n) is 5.47. The van der Waals surface area contributed by atoms with Crippen LogP contribution in [0.25, 0.3) is 11.3 Å². The van der Waals surface area contributed by atoms with Crippen molar-refractivity contribution in [2.45, 2.75) is 12.6 Å². The van der Waals surface area contributed by atoms with Crippen molar-refractivity contribution in [1.82, 2.24) is 10.2 Å². The van der Waals surface area contributed by atoms with E-state index in [-0.39, 0.29) is 5.56 Å². The summed E-state index contributed by atoms with van der Waals surface area (Å²) in [7, 11) is 2.33. The fourth-order valence-corrected chi connectivity index (χ4v) is 2.31. The molecule has 132 valence electrons. The number of aryl methyl sites for hydroxylation is 1. The maximum absolute atomic E-state index is 12.5. The first kappa shape index (κ1) is 18.2. The molecule has 0 spiro atoms. The molecular weight excluding hydrogens is 326 g/mol. The van der Waals surface area contributed by atoms with Crippen LogP contribution in [0.15, 0.2) is 40.8 Å². The minimum Gasteiger partial charge on any atom is -0.461 e. The van der Waals surface area contributed by atoms with Crippen LogP contribution in [0.5, 0.6) is 0 Å². The van der Waals surface area contributed by atoms with Crippen LogP contribution in [0.4, 0.5) is 0 Å². The van der Waals surface area contributed by atoms with Crippen LogP contribution in [0.2, 0.25) is 0 Å². The molecule has 0 saturated heterocycles. The number of nitrogens with one attached hydrogen (secondary N) is 1. The number of benzene rings is 1. The lowest BCUT2D eigenvalue weighted by molar-refractivity contribution is -0.166. The van der Waals surface area contributed by atoms with E-state index in [1.807, 2.05) is 13.0 Å². The Kier molecular flexibility index (Phi) is 4.94. The number of amides is 3. The summed E-state index contributed by atoms with van der Waals surface area (Å²) in [6.45, 7) is 1.82. The van der Waals surface area contributed by atoms with Crippen LogP contribution >= 0.6 is 0 Å². The highest BCUT2D eigenvalue weighted by atomic mass is 16.3. The van der Waals surface area contributed by atoms with Crippen LogP contribution in [0.3, 0.4) is 0 Å². The van der Waals surface area contributed by atoms with Crippen molar-refractivity contribution in [2.75, 3.05) is 14.1 Å². The largest absolute Gasteiger partial charge is 0.461 e.